The number of nitrogens with two attached hydrogens (primary N) is 1. The third kappa shape index (κ3) is 9.81. The van der Waals surface area contributed by atoms with Crippen molar-refractivity contribution in [3.8, 4) is 22.6 Å². The van der Waals surface area contributed by atoms with Crippen LogP contribution in [0.5, 0.6) is 11.5 Å². The maximum absolute atomic E-state index is 13.1. The number of hydrogen-bond acceptors (Lipinski definition) is 8. The number of nitrogens with zero attached hydrogens (tertiary/aromatic N) is 2. The van der Waals surface area contributed by atoms with Crippen molar-refractivity contribution in [1.29, 1.82) is 0 Å². The molecule has 2 aromatic heterocycles. The number of pyridine rings is 2. The van der Waals surface area contributed by atoms with Crippen LogP contribution >= 0.6 is 11.6 Å². The molecule has 3 aliphatic rings. The smallest absolute Gasteiger partial charge is 0.329 e. The van der Waals surface area contributed by atoms with E-state index in [-0.39, 0.29) is 23.3 Å². The van der Waals surface area contributed by atoms with Crippen LogP contribution in [0.15, 0.2) is 97.3 Å². The molecule has 2 heterocycles. The minimum absolute atomic E-state index is 0.0340. The molecule has 3 aromatic carbocycles. The van der Waals surface area contributed by atoms with Gasteiger partial charge in [-0.1, -0.05) is 55.8 Å². The number of ether oxygens (including phenoxy) is 2. The van der Waals surface area contributed by atoms with Gasteiger partial charge in [0.05, 0.1) is 19.3 Å². The number of nitrogens with one attached hydrogen (secondary N) is 2. The van der Waals surface area contributed by atoms with Crippen LogP contribution in [-0.4, -0.2) is 45.7 Å². The maximum atomic E-state index is 13.1. The summed E-state index contributed by atoms with van der Waals surface area (Å²) in [4.78, 5) is 35.1. The SMILES string of the molecule is C[C@@H](COc1ccnc2c1[C@H](C)CCC2)C[C@H]1Cc2ccc(OCCCC(=O)N[C@@H](C)c3cccc(-c4ccc(N)nc4)c3)cc2C12CCC(Nc1cccc(Cl)c1)(C(=O)O)CC2. The lowest BCUT2D eigenvalue weighted by Crippen LogP contribution is -2.53. The minimum Gasteiger partial charge on any atom is -0.494 e. The second-order valence-corrected chi connectivity index (χ2v) is 18.8. The molecular weight excluding hydrogens is 810 g/mol. The van der Waals surface area contributed by atoms with Crippen LogP contribution in [0.2, 0.25) is 5.02 Å². The molecule has 11 heteroatoms. The van der Waals surface area contributed by atoms with Gasteiger partial charge in [-0.3, -0.25) is 9.78 Å². The summed E-state index contributed by atoms with van der Waals surface area (Å²) >= 11 is 6.32. The zero-order valence-electron chi connectivity index (χ0n) is 36.7. The highest BCUT2D eigenvalue weighted by atomic mass is 35.5. The summed E-state index contributed by atoms with van der Waals surface area (Å²) in [6.45, 7) is 7.55. The van der Waals surface area contributed by atoms with Crippen molar-refractivity contribution in [3.63, 3.8) is 0 Å². The van der Waals surface area contributed by atoms with Crippen LogP contribution in [0.4, 0.5) is 11.5 Å². The average molecular weight is 871 g/mol. The molecule has 0 aliphatic heterocycles. The van der Waals surface area contributed by atoms with E-state index in [1.54, 1.807) is 24.4 Å². The van der Waals surface area contributed by atoms with Crippen molar-refractivity contribution < 1.29 is 24.2 Å². The first-order chi connectivity index (χ1) is 30.4. The molecule has 0 radical (unpaired) electrons. The van der Waals surface area contributed by atoms with E-state index in [9.17, 15) is 14.7 Å². The quantitative estimate of drug-likeness (QED) is 0.0711. The topological polar surface area (TPSA) is 149 Å². The molecule has 8 rings (SSSR count). The first kappa shape index (κ1) is 44.0. The number of amides is 1. The Morgan fingerprint density at radius 2 is 1.78 bits per heavy atom. The predicted octanol–water partition coefficient (Wildman–Crippen LogP) is 10.9. The van der Waals surface area contributed by atoms with Gasteiger partial charge in [0, 0.05) is 46.3 Å². The summed E-state index contributed by atoms with van der Waals surface area (Å²) in [7, 11) is 0. The van der Waals surface area contributed by atoms with Gasteiger partial charge >= 0.3 is 5.97 Å². The van der Waals surface area contributed by atoms with E-state index in [2.05, 4.69) is 52.6 Å². The van der Waals surface area contributed by atoms with Crippen LogP contribution < -0.4 is 25.8 Å². The van der Waals surface area contributed by atoms with Crippen LogP contribution in [0.3, 0.4) is 0 Å². The Hall–Kier alpha value is -5.61. The van der Waals surface area contributed by atoms with Crippen molar-refractivity contribution in [2.45, 2.75) is 114 Å². The van der Waals surface area contributed by atoms with Crippen molar-refractivity contribution >= 4 is 35.0 Å². The highest BCUT2D eigenvalue weighted by Gasteiger charge is 2.54. The number of carboxylic acid groups (broad SMARTS) is 1. The number of halogens is 1. The van der Waals surface area contributed by atoms with E-state index < -0.39 is 11.5 Å². The number of aromatic nitrogens is 2. The summed E-state index contributed by atoms with van der Waals surface area (Å²) in [5, 5.41) is 17.8. The lowest BCUT2D eigenvalue weighted by molar-refractivity contribution is -0.144. The third-order valence-electron chi connectivity index (χ3n) is 14.0. The monoisotopic (exact) mass is 869 g/mol. The molecule has 0 unspecified atom stereocenters. The molecule has 1 fully saturated rings. The first-order valence-corrected chi connectivity index (χ1v) is 23.0. The van der Waals surface area contributed by atoms with Gasteiger partial charge in [0.1, 0.15) is 22.9 Å². The second kappa shape index (κ2) is 19.0. The lowest BCUT2D eigenvalue weighted by atomic mass is 9.59. The molecule has 1 amide bonds. The Kier molecular flexibility index (Phi) is 13.3. The standard InChI is InChI=1S/C52H60ClN5O5/c1-33(32-63-46-19-24-55-45-13-4-8-34(2)49(45)46)26-40-28-38-15-17-43(30-44(38)51(40)20-22-52(23-21-51,50(60)61)58-42-12-6-11-41(53)29-42)62-25-7-14-48(59)57-35(3)36-9-5-10-37(27-36)39-16-18-47(54)56-31-39/h5-6,9-12,15-19,24,27,29-31,33-35,40,58H,4,7-8,13-14,20-23,25-26,28,32H2,1-3H3,(H2,54,56)(H,57,59)(H,60,61)/t33-,34-,35+,40+,51?,52?/m1/s1. The molecule has 4 atom stereocenters. The molecule has 5 N–H and O–H groups in total. The third-order valence-corrected chi connectivity index (χ3v) is 14.2. The molecule has 1 spiro atoms. The fourth-order valence-corrected chi connectivity index (χ4v) is 10.7. The summed E-state index contributed by atoms with van der Waals surface area (Å²) in [6, 6.07) is 27.4. The average Bonchev–Trinajstić information content (AvgIpc) is 3.56. The van der Waals surface area contributed by atoms with E-state index in [1.165, 1.54) is 22.4 Å². The number of nitrogen functional groups attached to an aromatic ring is 1. The van der Waals surface area contributed by atoms with E-state index in [0.29, 0.717) is 67.3 Å². The van der Waals surface area contributed by atoms with Gasteiger partial charge in [0.15, 0.2) is 0 Å². The number of carbonyl (C=O) groups is 2. The van der Waals surface area contributed by atoms with Gasteiger partial charge in [-0.15, -0.1) is 0 Å². The van der Waals surface area contributed by atoms with Crippen molar-refractivity contribution in [2.24, 2.45) is 11.8 Å². The Balaban J connectivity index is 0.934. The first-order valence-electron chi connectivity index (χ1n) is 22.7. The second-order valence-electron chi connectivity index (χ2n) is 18.4. The molecule has 3 aliphatic carbocycles. The van der Waals surface area contributed by atoms with E-state index in [1.807, 2.05) is 61.7 Å². The number of carboxylic acids is 1. The Morgan fingerprint density at radius 3 is 2.56 bits per heavy atom. The number of aliphatic carboxylic acids is 1. The number of hydrogen-bond donors (Lipinski definition) is 4. The Bertz CT molecular complexity index is 2410. The van der Waals surface area contributed by atoms with Crippen molar-refractivity contribution in [1.82, 2.24) is 15.3 Å². The highest BCUT2D eigenvalue weighted by Crippen LogP contribution is 2.57. The van der Waals surface area contributed by atoms with Gasteiger partial charge < -0.3 is 30.9 Å². The van der Waals surface area contributed by atoms with Crippen molar-refractivity contribution in [2.75, 3.05) is 24.3 Å². The molecule has 1 saturated carbocycles. The molecule has 330 valence electrons. The Morgan fingerprint density at radius 1 is 0.952 bits per heavy atom. The summed E-state index contributed by atoms with van der Waals surface area (Å²) in [5.41, 5.74) is 13.1. The molecular formula is C52H60ClN5O5. The lowest BCUT2D eigenvalue weighted by Gasteiger charge is -2.47. The largest absolute Gasteiger partial charge is 0.494 e. The molecule has 0 saturated heterocycles. The van der Waals surface area contributed by atoms with E-state index in [4.69, 9.17) is 26.8 Å². The zero-order valence-corrected chi connectivity index (χ0v) is 37.4. The number of benzene rings is 3. The molecule has 5 aromatic rings. The number of aryl methyl sites for hydroxylation is 1. The molecule has 63 heavy (non-hydrogen) atoms. The number of rotatable bonds is 16. The van der Waals surface area contributed by atoms with Gasteiger partial charge in [-0.2, -0.15) is 0 Å². The van der Waals surface area contributed by atoms with Gasteiger partial charge in [0.25, 0.3) is 0 Å². The van der Waals surface area contributed by atoms with Crippen molar-refractivity contribution in [3.05, 3.63) is 130 Å². The summed E-state index contributed by atoms with van der Waals surface area (Å²) in [5.74, 6) is 2.35. The minimum atomic E-state index is -1.11. The van der Waals surface area contributed by atoms with Crippen LogP contribution in [0.25, 0.3) is 11.1 Å². The number of fused-ring (bicyclic) bond motifs is 3. The van der Waals surface area contributed by atoms with E-state index in [0.717, 1.165) is 73.1 Å². The van der Waals surface area contributed by atoms with E-state index >= 15 is 0 Å². The normalized spacial score (nSPS) is 22.3. The fourth-order valence-electron chi connectivity index (χ4n) is 10.5. The van der Waals surface area contributed by atoms with Gasteiger partial charge in [-0.05, 0) is 171 Å². The predicted molar refractivity (Wildman–Crippen MR) is 249 cm³/mol. The van der Waals surface area contributed by atoms with Gasteiger partial charge in [-0.25, -0.2) is 9.78 Å². The Labute approximate surface area is 376 Å². The highest BCUT2D eigenvalue weighted by molar-refractivity contribution is 6.30. The fraction of sp³-hybridized carbons (Fsp3) is 0.423. The summed E-state index contributed by atoms with van der Waals surface area (Å²) < 4.78 is 13.0. The zero-order chi connectivity index (χ0) is 44.1. The van der Waals surface area contributed by atoms with Gasteiger partial charge in [0.2, 0.25) is 5.91 Å². The number of anilines is 2. The molecule has 10 nitrogen and oxygen atoms in total. The summed E-state index contributed by atoms with van der Waals surface area (Å²) in [6.07, 6.45) is 12.1. The maximum Gasteiger partial charge on any atom is 0.329 e. The van der Waals surface area contributed by atoms with Crippen LogP contribution in [-0.2, 0) is 27.8 Å². The van der Waals surface area contributed by atoms with Crippen LogP contribution in [0, 0.1) is 11.8 Å². The number of carbonyl (C=O) groups excluding carboxylic acids is 1. The molecule has 0 bridgehead atoms. The van der Waals surface area contributed by atoms with Crippen LogP contribution in [0.1, 0.15) is 118 Å².